The summed E-state index contributed by atoms with van der Waals surface area (Å²) in [5, 5.41) is 8.38. The van der Waals surface area contributed by atoms with Crippen molar-refractivity contribution in [1.82, 2.24) is 10.1 Å². The Morgan fingerprint density at radius 1 is 1.28 bits per heavy atom. The van der Waals surface area contributed by atoms with Crippen LogP contribution in [0.4, 0.5) is 24.5 Å². The Balaban J connectivity index is 1.59. The number of hydrogen-bond donors (Lipinski definition) is 1. The van der Waals surface area contributed by atoms with Crippen LogP contribution in [0, 0.1) is 0 Å². The number of aromatic nitrogens is 2. The van der Waals surface area contributed by atoms with Gasteiger partial charge in [0.25, 0.3) is 0 Å². The summed E-state index contributed by atoms with van der Waals surface area (Å²) in [6.45, 7) is 0. The zero-order valence-corrected chi connectivity index (χ0v) is 16.6. The van der Waals surface area contributed by atoms with Gasteiger partial charge in [-0.15, -0.1) is 11.3 Å². The van der Waals surface area contributed by atoms with E-state index in [1.165, 1.54) is 17.4 Å². The van der Waals surface area contributed by atoms with E-state index in [2.05, 4.69) is 15.5 Å². The Hall–Kier alpha value is -2.88. The number of aryl methyl sites for hydroxylation is 1. The molecule has 6 nitrogen and oxygen atoms in total. The highest BCUT2D eigenvalue weighted by molar-refractivity contribution is 7.13. The number of amides is 1. The van der Waals surface area contributed by atoms with Crippen LogP contribution in [0.3, 0.4) is 0 Å². The van der Waals surface area contributed by atoms with E-state index in [1.54, 1.807) is 19.0 Å². The fourth-order valence-electron chi connectivity index (χ4n) is 2.68. The second-order valence-corrected chi connectivity index (χ2v) is 7.46. The topological polar surface area (TPSA) is 71.3 Å². The highest BCUT2D eigenvalue weighted by atomic mass is 32.1. The molecule has 1 amide bonds. The SMILES string of the molecule is CN(C)c1ccc(C(F)(F)F)cc1NC(=O)CCCc1nc(-c2cccs2)no1. The van der Waals surface area contributed by atoms with Gasteiger partial charge in [0.2, 0.25) is 17.6 Å². The van der Waals surface area contributed by atoms with E-state index in [9.17, 15) is 18.0 Å². The lowest BCUT2D eigenvalue weighted by Gasteiger charge is -2.19. The van der Waals surface area contributed by atoms with Gasteiger partial charge in [0, 0.05) is 26.9 Å². The van der Waals surface area contributed by atoms with Crippen molar-refractivity contribution in [3.8, 4) is 10.7 Å². The number of nitrogens with zero attached hydrogens (tertiary/aromatic N) is 3. The highest BCUT2D eigenvalue weighted by Gasteiger charge is 2.31. The summed E-state index contributed by atoms with van der Waals surface area (Å²) in [7, 11) is 3.39. The van der Waals surface area contributed by atoms with Gasteiger partial charge in [0.05, 0.1) is 21.8 Å². The van der Waals surface area contributed by atoms with Crippen LogP contribution < -0.4 is 10.2 Å². The third-order valence-electron chi connectivity index (χ3n) is 4.08. The smallest absolute Gasteiger partial charge is 0.376 e. The third kappa shape index (κ3) is 5.35. The maximum absolute atomic E-state index is 13.0. The number of hydrogen-bond acceptors (Lipinski definition) is 6. The van der Waals surface area contributed by atoms with Crippen molar-refractivity contribution in [2.24, 2.45) is 0 Å². The Kier molecular flexibility index (Phi) is 6.21. The molecule has 1 N–H and O–H groups in total. The summed E-state index contributed by atoms with van der Waals surface area (Å²) in [6.07, 6.45) is -3.55. The quantitative estimate of drug-likeness (QED) is 0.587. The van der Waals surface area contributed by atoms with E-state index in [4.69, 9.17) is 4.52 Å². The molecule has 0 aliphatic heterocycles. The van der Waals surface area contributed by atoms with E-state index in [0.29, 0.717) is 30.2 Å². The van der Waals surface area contributed by atoms with Crippen LogP contribution in [0.2, 0.25) is 0 Å². The van der Waals surface area contributed by atoms with Crippen LogP contribution in [0.5, 0.6) is 0 Å². The van der Waals surface area contributed by atoms with Crippen molar-refractivity contribution >= 4 is 28.6 Å². The lowest BCUT2D eigenvalue weighted by Crippen LogP contribution is -2.18. The summed E-state index contributed by atoms with van der Waals surface area (Å²) >= 11 is 1.49. The molecule has 10 heteroatoms. The summed E-state index contributed by atoms with van der Waals surface area (Å²) in [5.41, 5.74) is -0.207. The second kappa shape index (κ2) is 8.64. The first kappa shape index (κ1) is 20.8. The van der Waals surface area contributed by atoms with E-state index in [1.807, 2.05) is 17.5 Å². The average Bonchev–Trinajstić information content (AvgIpc) is 3.32. The molecule has 0 fully saturated rings. The summed E-state index contributed by atoms with van der Waals surface area (Å²) in [6, 6.07) is 7.04. The zero-order chi connectivity index (χ0) is 21.0. The molecule has 0 aliphatic rings. The van der Waals surface area contributed by atoms with Gasteiger partial charge < -0.3 is 14.7 Å². The molecule has 0 spiro atoms. The predicted octanol–water partition coefficient (Wildman–Crippen LogP) is 4.84. The first-order valence-corrected chi connectivity index (χ1v) is 9.67. The van der Waals surface area contributed by atoms with E-state index in [-0.39, 0.29) is 18.0 Å². The van der Waals surface area contributed by atoms with Crippen molar-refractivity contribution in [3.63, 3.8) is 0 Å². The predicted molar refractivity (Wildman–Crippen MR) is 105 cm³/mol. The van der Waals surface area contributed by atoms with Crippen molar-refractivity contribution in [2.75, 3.05) is 24.3 Å². The van der Waals surface area contributed by atoms with Gasteiger partial charge in [-0.1, -0.05) is 11.2 Å². The van der Waals surface area contributed by atoms with Gasteiger partial charge in [-0.25, -0.2) is 0 Å². The van der Waals surface area contributed by atoms with Gasteiger partial charge in [0.15, 0.2) is 0 Å². The number of thiophene rings is 1. The van der Waals surface area contributed by atoms with Gasteiger partial charge >= 0.3 is 6.18 Å². The number of nitrogens with one attached hydrogen (secondary N) is 1. The molecule has 3 rings (SSSR count). The van der Waals surface area contributed by atoms with E-state index in [0.717, 1.165) is 17.0 Å². The molecule has 0 bridgehead atoms. The normalized spacial score (nSPS) is 11.5. The molecule has 154 valence electrons. The fraction of sp³-hybridized carbons (Fsp3) is 0.316. The molecule has 0 radical (unpaired) electrons. The summed E-state index contributed by atoms with van der Waals surface area (Å²) in [5.74, 6) is 0.527. The number of carbonyl (C=O) groups excluding carboxylic acids is 1. The number of benzene rings is 1. The van der Waals surface area contributed by atoms with Crippen molar-refractivity contribution in [2.45, 2.75) is 25.4 Å². The molecule has 0 saturated heterocycles. The van der Waals surface area contributed by atoms with Gasteiger partial charge in [0.1, 0.15) is 0 Å². The first-order valence-electron chi connectivity index (χ1n) is 8.79. The Morgan fingerprint density at radius 3 is 2.72 bits per heavy atom. The molecular weight excluding hydrogens is 405 g/mol. The van der Waals surface area contributed by atoms with Crippen LogP contribution >= 0.6 is 11.3 Å². The molecule has 29 heavy (non-hydrogen) atoms. The van der Waals surface area contributed by atoms with Crippen LogP contribution in [-0.4, -0.2) is 30.1 Å². The first-order chi connectivity index (χ1) is 13.7. The van der Waals surface area contributed by atoms with Crippen LogP contribution in [0.1, 0.15) is 24.3 Å². The summed E-state index contributed by atoms with van der Waals surface area (Å²) in [4.78, 5) is 19.1. The zero-order valence-electron chi connectivity index (χ0n) is 15.8. The molecule has 0 unspecified atom stereocenters. The minimum absolute atomic E-state index is 0.111. The van der Waals surface area contributed by atoms with Crippen LogP contribution in [-0.2, 0) is 17.4 Å². The molecule has 0 saturated carbocycles. The second-order valence-electron chi connectivity index (χ2n) is 6.51. The average molecular weight is 424 g/mol. The van der Waals surface area contributed by atoms with Gasteiger partial charge in [-0.05, 0) is 36.1 Å². The molecule has 1 aromatic carbocycles. The molecular formula is C19H19F3N4O2S. The lowest BCUT2D eigenvalue weighted by atomic mass is 10.1. The number of carbonyl (C=O) groups is 1. The van der Waals surface area contributed by atoms with Gasteiger partial charge in [-0.3, -0.25) is 4.79 Å². The minimum Gasteiger partial charge on any atom is -0.376 e. The van der Waals surface area contributed by atoms with E-state index < -0.39 is 11.7 Å². The number of rotatable bonds is 7. The lowest BCUT2D eigenvalue weighted by molar-refractivity contribution is -0.137. The molecule has 2 aromatic heterocycles. The fourth-order valence-corrected chi connectivity index (χ4v) is 3.33. The largest absolute Gasteiger partial charge is 0.416 e. The van der Waals surface area contributed by atoms with Gasteiger partial charge in [-0.2, -0.15) is 18.2 Å². The number of anilines is 2. The highest BCUT2D eigenvalue weighted by Crippen LogP contribution is 2.35. The van der Waals surface area contributed by atoms with Crippen molar-refractivity contribution < 1.29 is 22.5 Å². The van der Waals surface area contributed by atoms with Crippen LogP contribution in [0.15, 0.2) is 40.2 Å². The number of halogens is 3. The van der Waals surface area contributed by atoms with Crippen molar-refractivity contribution in [3.05, 3.63) is 47.2 Å². The maximum Gasteiger partial charge on any atom is 0.416 e. The van der Waals surface area contributed by atoms with Crippen LogP contribution in [0.25, 0.3) is 10.7 Å². The monoisotopic (exact) mass is 424 g/mol. The molecule has 2 heterocycles. The standard InChI is InChI=1S/C19H19F3N4O2S/c1-26(2)14-9-8-12(19(20,21)22)11-13(14)23-16(27)6-3-7-17-24-18(25-28-17)15-5-4-10-29-15/h4-5,8-11H,3,6-7H2,1-2H3,(H,23,27). The molecule has 0 aliphatic carbocycles. The Bertz CT molecular complexity index is 968. The maximum atomic E-state index is 13.0. The summed E-state index contributed by atoms with van der Waals surface area (Å²) < 4.78 is 44.1. The van der Waals surface area contributed by atoms with E-state index >= 15 is 0 Å². The third-order valence-corrected chi connectivity index (χ3v) is 4.95. The Labute approximate surface area is 169 Å². The van der Waals surface area contributed by atoms with Crippen molar-refractivity contribution in [1.29, 1.82) is 0 Å². The molecule has 0 atom stereocenters. The minimum atomic E-state index is -4.48. The number of alkyl halides is 3. The molecule has 3 aromatic rings. The Morgan fingerprint density at radius 2 is 2.07 bits per heavy atom.